The molecule has 1 aliphatic heterocycles. The number of pyridine rings is 1. The number of aromatic nitrogens is 4. The molecule has 1 unspecified atom stereocenters. The summed E-state index contributed by atoms with van der Waals surface area (Å²) < 4.78 is 3.95. The molecule has 0 radical (unpaired) electrons. The minimum absolute atomic E-state index is 0.0581. The fourth-order valence-corrected chi connectivity index (χ4v) is 3.71. The molecule has 0 aromatic carbocycles. The Morgan fingerprint density at radius 1 is 1.15 bits per heavy atom. The second-order valence-electron chi connectivity index (χ2n) is 6.78. The molecule has 3 aromatic rings. The maximum atomic E-state index is 13.2. The molecular formula is C20H23N5O. The predicted octanol–water partition coefficient (Wildman–Crippen LogP) is 3.36. The summed E-state index contributed by atoms with van der Waals surface area (Å²) in [6.07, 6.45) is 13.3. The van der Waals surface area contributed by atoms with Gasteiger partial charge in [-0.25, -0.2) is 9.97 Å². The highest BCUT2D eigenvalue weighted by atomic mass is 16.2. The second-order valence-corrected chi connectivity index (χ2v) is 6.78. The van der Waals surface area contributed by atoms with E-state index < -0.39 is 0 Å². The largest absolute Gasteiger partial charge is 0.353 e. The van der Waals surface area contributed by atoms with Crippen molar-refractivity contribution in [3.63, 3.8) is 0 Å². The first-order chi connectivity index (χ1) is 12.7. The Kier molecular flexibility index (Phi) is 4.56. The molecule has 26 heavy (non-hydrogen) atoms. The molecular weight excluding hydrogens is 326 g/mol. The SMILES string of the molecule is Cn1cccc1C1CCCCCN1C(=O)c1ccc(-n2ccnc2)nc1. The van der Waals surface area contributed by atoms with Crippen molar-refractivity contribution in [1.29, 1.82) is 0 Å². The number of imidazole rings is 1. The van der Waals surface area contributed by atoms with Crippen LogP contribution in [0, 0.1) is 0 Å². The van der Waals surface area contributed by atoms with Crippen molar-refractivity contribution in [3.05, 3.63) is 66.6 Å². The first-order valence-corrected chi connectivity index (χ1v) is 9.10. The van der Waals surface area contributed by atoms with Gasteiger partial charge in [0, 0.05) is 44.1 Å². The zero-order valence-corrected chi connectivity index (χ0v) is 15.0. The average Bonchev–Trinajstić information content (AvgIpc) is 3.29. The van der Waals surface area contributed by atoms with Crippen molar-refractivity contribution in [2.24, 2.45) is 7.05 Å². The van der Waals surface area contributed by atoms with Gasteiger partial charge in [-0.3, -0.25) is 9.36 Å². The van der Waals surface area contributed by atoms with Crippen LogP contribution in [-0.2, 0) is 7.05 Å². The van der Waals surface area contributed by atoms with Gasteiger partial charge in [-0.05, 0) is 37.1 Å². The molecule has 0 bridgehead atoms. The topological polar surface area (TPSA) is 56.0 Å². The molecule has 1 fully saturated rings. The molecule has 6 nitrogen and oxygen atoms in total. The van der Waals surface area contributed by atoms with Crippen molar-refractivity contribution < 1.29 is 4.79 Å². The van der Waals surface area contributed by atoms with Crippen LogP contribution in [0.15, 0.2) is 55.4 Å². The lowest BCUT2D eigenvalue weighted by Gasteiger charge is -2.30. The van der Waals surface area contributed by atoms with Crippen LogP contribution in [0.1, 0.15) is 47.8 Å². The van der Waals surface area contributed by atoms with Crippen LogP contribution >= 0.6 is 0 Å². The molecule has 0 saturated carbocycles. The summed E-state index contributed by atoms with van der Waals surface area (Å²) >= 11 is 0. The smallest absolute Gasteiger partial charge is 0.255 e. The van der Waals surface area contributed by atoms with Gasteiger partial charge in [0.25, 0.3) is 5.91 Å². The van der Waals surface area contributed by atoms with Crippen LogP contribution in [0.3, 0.4) is 0 Å². The Bertz CT molecular complexity index is 866. The quantitative estimate of drug-likeness (QED) is 0.728. The zero-order chi connectivity index (χ0) is 17.9. The van der Waals surface area contributed by atoms with Crippen LogP contribution < -0.4 is 0 Å². The van der Waals surface area contributed by atoms with Gasteiger partial charge < -0.3 is 9.47 Å². The number of carbonyl (C=O) groups excluding carboxylic acids is 1. The summed E-state index contributed by atoms with van der Waals surface area (Å²) in [7, 11) is 2.05. The van der Waals surface area contributed by atoms with E-state index in [2.05, 4.69) is 20.6 Å². The fourth-order valence-electron chi connectivity index (χ4n) is 3.71. The second kappa shape index (κ2) is 7.15. The molecule has 1 aliphatic rings. The predicted molar refractivity (Wildman–Crippen MR) is 99.0 cm³/mol. The van der Waals surface area contributed by atoms with Gasteiger partial charge >= 0.3 is 0 Å². The minimum Gasteiger partial charge on any atom is -0.353 e. The number of rotatable bonds is 3. The molecule has 6 heteroatoms. The van der Waals surface area contributed by atoms with E-state index in [9.17, 15) is 4.79 Å². The van der Waals surface area contributed by atoms with Crippen LogP contribution in [0.2, 0.25) is 0 Å². The Labute approximate surface area is 153 Å². The van der Waals surface area contributed by atoms with Crippen molar-refractivity contribution in [1.82, 2.24) is 24.0 Å². The fraction of sp³-hybridized carbons (Fsp3) is 0.350. The number of amides is 1. The van der Waals surface area contributed by atoms with E-state index in [-0.39, 0.29) is 11.9 Å². The Morgan fingerprint density at radius 2 is 2.08 bits per heavy atom. The molecule has 0 N–H and O–H groups in total. The highest BCUT2D eigenvalue weighted by Gasteiger charge is 2.29. The molecule has 3 aromatic heterocycles. The van der Waals surface area contributed by atoms with E-state index in [1.807, 2.05) is 47.1 Å². The van der Waals surface area contributed by atoms with E-state index in [4.69, 9.17) is 0 Å². The Hall–Kier alpha value is -2.89. The molecule has 4 rings (SSSR count). The Balaban J connectivity index is 1.61. The van der Waals surface area contributed by atoms with E-state index in [1.54, 1.807) is 18.7 Å². The number of hydrogen-bond acceptors (Lipinski definition) is 3. The summed E-state index contributed by atoms with van der Waals surface area (Å²) in [6, 6.07) is 8.02. The molecule has 1 amide bonds. The number of likely N-dealkylation sites (tertiary alicyclic amines) is 1. The Morgan fingerprint density at radius 3 is 2.77 bits per heavy atom. The summed E-state index contributed by atoms with van der Waals surface area (Å²) in [6.45, 7) is 0.790. The summed E-state index contributed by atoms with van der Waals surface area (Å²) in [4.78, 5) is 23.7. The normalized spacial score (nSPS) is 17.9. The molecule has 1 atom stereocenters. The number of carbonyl (C=O) groups is 1. The zero-order valence-electron chi connectivity index (χ0n) is 15.0. The monoisotopic (exact) mass is 349 g/mol. The van der Waals surface area contributed by atoms with Gasteiger partial charge in [0.2, 0.25) is 0 Å². The summed E-state index contributed by atoms with van der Waals surface area (Å²) in [5.74, 6) is 0.816. The van der Waals surface area contributed by atoms with Crippen molar-refractivity contribution in [3.8, 4) is 5.82 Å². The molecule has 1 saturated heterocycles. The number of nitrogens with zero attached hydrogens (tertiary/aromatic N) is 5. The lowest BCUT2D eigenvalue weighted by molar-refractivity contribution is 0.0674. The first kappa shape index (κ1) is 16.6. The van der Waals surface area contributed by atoms with E-state index in [0.717, 1.165) is 31.6 Å². The van der Waals surface area contributed by atoms with Crippen molar-refractivity contribution in [2.75, 3.05) is 6.54 Å². The van der Waals surface area contributed by atoms with E-state index in [0.29, 0.717) is 5.56 Å². The van der Waals surface area contributed by atoms with Gasteiger partial charge in [0.1, 0.15) is 12.1 Å². The standard InChI is InChI=1S/C20H23N5O/c1-23-11-5-7-17(23)18-6-3-2-4-12-25(18)20(26)16-8-9-19(22-14-16)24-13-10-21-15-24/h5,7-11,13-15,18H,2-4,6,12H2,1H3. The molecule has 0 spiro atoms. The first-order valence-electron chi connectivity index (χ1n) is 9.10. The molecule has 4 heterocycles. The number of aryl methyl sites for hydroxylation is 1. The van der Waals surface area contributed by atoms with E-state index in [1.165, 1.54) is 12.1 Å². The maximum Gasteiger partial charge on any atom is 0.255 e. The van der Waals surface area contributed by atoms with E-state index >= 15 is 0 Å². The van der Waals surface area contributed by atoms with Gasteiger partial charge in [0.15, 0.2) is 0 Å². The van der Waals surface area contributed by atoms with Crippen LogP contribution in [0.25, 0.3) is 5.82 Å². The third-order valence-electron chi connectivity index (χ3n) is 5.10. The summed E-state index contributed by atoms with van der Waals surface area (Å²) in [5, 5.41) is 0. The average molecular weight is 349 g/mol. The van der Waals surface area contributed by atoms with Gasteiger partial charge in [-0.1, -0.05) is 12.8 Å². The lowest BCUT2D eigenvalue weighted by atomic mass is 10.1. The highest BCUT2D eigenvalue weighted by molar-refractivity contribution is 5.94. The van der Waals surface area contributed by atoms with Crippen LogP contribution in [0.5, 0.6) is 0 Å². The van der Waals surface area contributed by atoms with Crippen LogP contribution in [0.4, 0.5) is 0 Å². The number of hydrogen-bond donors (Lipinski definition) is 0. The van der Waals surface area contributed by atoms with Gasteiger partial charge in [0.05, 0.1) is 11.6 Å². The minimum atomic E-state index is 0.0581. The van der Waals surface area contributed by atoms with Crippen LogP contribution in [-0.4, -0.2) is 36.5 Å². The molecule has 0 aliphatic carbocycles. The maximum absolute atomic E-state index is 13.2. The third-order valence-corrected chi connectivity index (χ3v) is 5.10. The lowest BCUT2D eigenvalue weighted by Crippen LogP contribution is -2.35. The van der Waals surface area contributed by atoms with Crippen molar-refractivity contribution >= 4 is 5.91 Å². The van der Waals surface area contributed by atoms with Gasteiger partial charge in [-0.2, -0.15) is 0 Å². The van der Waals surface area contributed by atoms with Crippen molar-refractivity contribution in [2.45, 2.75) is 31.7 Å². The van der Waals surface area contributed by atoms with Gasteiger partial charge in [-0.15, -0.1) is 0 Å². The molecule has 134 valence electrons. The summed E-state index contributed by atoms with van der Waals surface area (Å²) in [5.41, 5.74) is 1.83. The highest BCUT2D eigenvalue weighted by Crippen LogP contribution is 2.31. The third kappa shape index (κ3) is 3.14.